The Morgan fingerprint density at radius 2 is 2.00 bits per heavy atom. The van der Waals surface area contributed by atoms with E-state index in [1.165, 1.54) is 11.3 Å². The van der Waals surface area contributed by atoms with Crippen molar-refractivity contribution >= 4 is 39.1 Å². The van der Waals surface area contributed by atoms with Crippen LogP contribution in [0.4, 0.5) is 0 Å². The van der Waals surface area contributed by atoms with Gasteiger partial charge in [0, 0.05) is 33.6 Å². The third-order valence-corrected chi connectivity index (χ3v) is 7.28. The summed E-state index contributed by atoms with van der Waals surface area (Å²) in [6, 6.07) is 5.95. The predicted octanol–water partition coefficient (Wildman–Crippen LogP) is 4.29. The Balaban J connectivity index is 1.44. The van der Waals surface area contributed by atoms with Crippen LogP contribution in [0.5, 0.6) is 0 Å². The van der Waals surface area contributed by atoms with Crippen LogP contribution in [-0.2, 0) is 0 Å². The van der Waals surface area contributed by atoms with Crippen molar-refractivity contribution in [2.45, 2.75) is 25.7 Å². The maximum atomic E-state index is 11.7. The fourth-order valence-corrected chi connectivity index (χ4v) is 5.26. The fourth-order valence-electron chi connectivity index (χ4n) is 4.35. The lowest BCUT2D eigenvalue weighted by atomic mass is 9.93. The van der Waals surface area contributed by atoms with E-state index < -0.39 is 0 Å². The molecule has 1 saturated heterocycles. The molecule has 5 aromatic heterocycles. The van der Waals surface area contributed by atoms with Gasteiger partial charge in [-0.2, -0.15) is 5.10 Å². The minimum absolute atomic E-state index is 0.0604. The number of ketones is 1. The van der Waals surface area contributed by atoms with Crippen molar-refractivity contribution < 1.29 is 4.79 Å². The molecule has 0 bridgehead atoms. The Kier molecular flexibility index (Phi) is 4.58. The third-order valence-electron chi connectivity index (χ3n) is 6.06. The lowest BCUT2D eigenvalue weighted by Gasteiger charge is -2.21. The number of Topliss-reactive ketones (excluding diaryl/α,β-unsaturated/α-hetero) is 1. The number of rotatable bonds is 4. The molecule has 0 atom stereocenters. The van der Waals surface area contributed by atoms with Crippen LogP contribution in [-0.4, -0.2) is 49.0 Å². The average Bonchev–Trinajstić information content (AvgIpc) is 3.56. The number of nitrogens with one attached hydrogen (secondary N) is 3. The maximum Gasteiger partial charge on any atom is 0.169 e. The summed E-state index contributed by atoms with van der Waals surface area (Å²) >= 11 is 1.46. The van der Waals surface area contributed by atoms with E-state index in [1.807, 2.05) is 18.3 Å². The van der Waals surface area contributed by atoms with Crippen molar-refractivity contribution in [1.82, 2.24) is 35.5 Å². The summed E-state index contributed by atoms with van der Waals surface area (Å²) in [5.74, 6) is 1.21. The minimum atomic E-state index is 0.0604. The number of pyridine rings is 2. The van der Waals surface area contributed by atoms with Crippen molar-refractivity contribution in [3.05, 3.63) is 47.4 Å². The standard InChI is InChI=1S/C23H21N7OS/c1-12(31)19-2-3-20(32-19)15-9-25-10-18-21(15)28-23(27-18)22-14-8-16(13-4-6-24-7-5-13)26-11-17(14)29-30-22/h2-3,8-11,13,24H,4-7H2,1H3,(H,27,28)(H,29,30). The fraction of sp³-hybridized carbons (Fsp3) is 0.261. The molecule has 160 valence electrons. The first-order valence-electron chi connectivity index (χ1n) is 10.7. The Morgan fingerprint density at radius 1 is 1.12 bits per heavy atom. The van der Waals surface area contributed by atoms with Gasteiger partial charge in [-0.05, 0) is 51.1 Å². The van der Waals surface area contributed by atoms with Crippen LogP contribution in [0.25, 0.3) is 43.9 Å². The smallest absolute Gasteiger partial charge is 0.169 e. The second kappa shape index (κ2) is 7.61. The second-order valence-corrected chi connectivity index (χ2v) is 9.22. The van der Waals surface area contributed by atoms with E-state index in [1.54, 1.807) is 19.3 Å². The zero-order chi connectivity index (χ0) is 21.7. The van der Waals surface area contributed by atoms with Crippen LogP contribution in [0.2, 0.25) is 0 Å². The van der Waals surface area contributed by atoms with Gasteiger partial charge in [0.15, 0.2) is 11.6 Å². The number of carbonyl (C=O) groups excluding carboxylic acids is 1. The summed E-state index contributed by atoms with van der Waals surface area (Å²) in [7, 11) is 0. The Hall–Kier alpha value is -3.43. The molecule has 5 aromatic rings. The third kappa shape index (κ3) is 3.21. The molecule has 8 nitrogen and oxygen atoms in total. The number of aromatic nitrogens is 6. The highest BCUT2D eigenvalue weighted by molar-refractivity contribution is 7.17. The predicted molar refractivity (Wildman–Crippen MR) is 125 cm³/mol. The number of piperidine rings is 1. The van der Waals surface area contributed by atoms with Gasteiger partial charge >= 0.3 is 0 Å². The normalized spacial score (nSPS) is 15.0. The first-order valence-corrected chi connectivity index (χ1v) is 11.5. The molecule has 1 aliphatic heterocycles. The molecule has 32 heavy (non-hydrogen) atoms. The minimum Gasteiger partial charge on any atom is -0.335 e. The van der Waals surface area contributed by atoms with Gasteiger partial charge in [0.25, 0.3) is 0 Å². The summed E-state index contributed by atoms with van der Waals surface area (Å²) < 4.78 is 0. The first-order chi connectivity index (χ1) is 15.7. The SMILES string of the molecule is CC(=O)c1ccc(-c2cncc3[nH]c(-c4n[nH]c5cnc(C6CCNCC6)cc45)nc23)s1. The zero-order valence-corrected chi connectivity index (χ0v) is 18.3. The quantitative estimate of drug-likeness (QED) is 0.357. The number of nitrogens with zero attached hydrogens (tertiary/aromatic N) is 4. The molecule has 0 spiro atoms. The summed E-state index contributed by atoms with van der Waals surface area (Å²) in [6.07, 6.45) is 7.62. The summed E-state index contributed by atoms with van der Waals surface area (Å²) in [6.45, 7) is 3.63. The zero-order valence-electron chi connectivity index (χ0n) is 17.5. The van der Waals surface area contributed by atoms with Crippen LogP contribution < -0.4 is 5.32 Å². The van der Waals surface area contributed by atoms with Crippen LogP contribution in [0.1, 0.15) is 41.0 Å². The molecule has 6 rings (SSSR count). The van der Waals surface area contributed by atoms with Crippen LogP contribution in [0, 0.1) is 0 Å². The molecule has 0 aromatic carbocycles. The molecule has 3 N–H and O–H groups in total. The highest BCUT2D eigenvalue weighted by Crippen LogP contribution is 2.35. The van der Waals surface area contributed by atoms with E-state index in [9.17, 15) is 4.79 Å². The van der Waals surface area contributed by atoms with E-state index >= 15 is 0 Å². The molecule has 1 aliphatic rings. The summed E-state index contributed by atoms with van der Waals surface area (Å²) in [5.41, 5.74) is 5.32. The molecule has 9 heteroatoms. The number of H-pyrrole nitrogens is 2. The van der Waals surface area contributed by atoms with Crippen molar-refractivity contribution in [2.75, 3.05) is 13.1 Å². The van der Waals surface area contributed by atoms with E-state index in [4.69, 9.17) is 4.98 Å². The van der Waals surface area contributed by atoms with Gasteiger partial charge in [-0.1, -0.05) is 0 Å². The number of hydrogen-bond acceptors (Lipinski definition) is 7. The first kappa shape index (κ1) is 19.3. The molecule has 0 amide bonds. The highest BCUT2D eigenvalue weighted by Gasteiger charge is 2.20. The van der Waals surface area contributed by atoms with Crippen molar-refractivity contribution in [1.29, 1.82) is 0 Å². The van der Waals surface area contributed by atoms with Gasteiger partial charge in [-0.3, -0.25) is 19.9 Å². The number of fused-ring (bicyclic) bond motifs is 2. The number of hydrogen-bond donors (Lipinski definition) is 3. The van der Waals surface area contributed by atoms with Gasteiger partial charge in [-0.25, -0.2) is 4.98 Å². The van der Waals surface area contributed by atoms with Crippen molar-refractivity contribution in [3.8, 4) is 22.0 Å². The highest BCUT2D eigenvalue weighted by atomic mass is 32.1. The van der Waals surface area contributed by atoms with Gasteiger partial charge in [-0.15, -0.1) is 11.3 Å². The van der Waals surface area contributed by atoms with Crippen LogP contribution >= 0.6 is 11.3 Å². The number of imidazole rings is 1. The van der Waals surface area contributed by atoms with E-state index in [0.29, 0.717) is 11.7 Å². The summed E-state index contributed by atoms with van der Waals surface area (Å²) in [4.78, 5) is 30.8. The lowest BCUT2D eigenvalue weighted by Crippen LogP contribution is -2.27. The van der Waals surface area contributed by atoms with Gasteiger partial charge in [0.2, 0.25) is 0 Å². The van der Waals surface area contributed by atoms with Gasteiger partial charge in [0.1, 0.15) is 11.2 Å². The van der Waals surface area contributed by atoms with Gasteiger partial charge in [0.05, 0.1) is 28.3 Å². The Morgan fingerprint density at radius 3 is 2.81 bits per heavy atom. The molecule has 6 heterocycles. The number of aromatic amines is 2. The lowest BCUT2D eigenvalue weighted by molar-refractivity contribution is 0.102. The molecule has 0 aliphatic carbocycles. The van der Waals surface area contributed by atoms with Crippen LogP contribution in [0.15, 0.2) is 36.8 Å². The van der Waals surface area contributed by atoms with E-state index in [0.717, 1.165) is 74.6 Å². The monoisotopic (exact) mass is 443 g/mol. The molecule has 0 unspecified atom stereocenters. The topological polar surface area (TPSA) is 112 Å². The maximum absolute atomic E-state index is 11.7. The molecule has 0 radical (unpaired) electrons. The average molecular weight is 444 g/mol. The molecule has 1 fully saturated rings. The van der Waals surface area contributed by atoms with Gasteiger partial charge < -0.3 is 10.3 Å². The second-order valence-electron chi connectivity index (χ2n) is 8.14. The van der Waals surface area contributed by atoms with Crippen molar-refractivity contribution in [3.63, 3.8) is 0 Å². The Bertz CT molecular complexity index is 1460. The molecule has 0 saturated carbocycles. The number of carbonyl (C=O) groups is 1. The largest absolute Gasteiger partial charge is 0.335 e. The summed E-state index contributed by atoms with van der Waals surface area (Å²) in [5, 5.41) is 12.1. The molecular weight excluding hydrogens is 422 g/mol. The Labute approximate surface area is 187 Å². The van der Waals surface area contributed by atoms with Crippen LogP contribution in [0.3, 0.4) is 0 Å². The number of thiophene rings is 1. The molecular formula is C23H21N7OS. The van der Waals surface area contributed by atoms with E-state index in [2.05, 4.69) is 36.5 Å². The van der Waals surface area contributed by atoms with E-state index in [-0.39, 0.29) is 5.78 Å². The van der Waals surface area contributed by atoms with Crippen molar-refractivity contribution in [2.24, 2.45) is 0 Å².